The number of aliphatic hydroxyl groups is 3. The molecule has 11 heteroatoms. The number of benzene rings is 1. The first-order chi connectivity index (χ1) is 11.1. The van der Waals surface area contributed by atoms with Crippen LogP contribution in [0.25, 0.3) is 0 Å². The molecule has 1 heterocycles. The molecule has 0 amide bonds. The Kier molecular flexibility index (Phi) is 4.80. The summed E-state index contributed by atoms with van der Waals surface area (Å²) in [6, 6.07) is 1.49. The van der Waals surface area contributed by atoms with E-state index in [0.717, 1.165) is 12.1 Å². The SMILES string of the molecule is O=C(O[C@H]1O[C@H](C(=O)O)[C@@H](O)[C@H](O)[C@H]1O)c1cc(O)c(O)c(O)c1. The Morgan fingerprint density at radius 2 is 1.50 bits per heavy atom. The number of carbonyl (C=O) groups excluding carboxylic acids is 1. The first-order valence-electron chi connectivity index (χ1n) is 6.52. The highest BCUT2D eigenvalue weighted by atomic mass is 16.7. The number of aliphatic hydroxyl groups excluding tert-OH is 3. The van der Waals surface area contributed by atoms with Crippen LogP contribution in [0.3, 0.4) is 0 Å². The fourth-order valence-corrected chi connectivity index (χ4v) is 2.04. The maximum Gasteiger partial charge on any atom is 0.340 e. The summed E-state index contributed by atoms with van der Waals surface area (Å²) in [4.78, 5) is 22.9. The third-order valence-electron chi connectivity index (χ3n) is 3.34. The second kappa shape index (κ2) is 6.49. The largest absolute Gasteiger partial charge is 0.504 e. The van der Waals surface area contributed by atoms with Crippen LogP contribution in [-0.2, 0) is 14.3 Å². The number of aromatic hydroxyl groups is 3. The van der Waals surface area contributed by atoms with E-state index in [1.165, 1.54) is 0 Å². The highest BCUT2D eigenvalue weighted by Crippen LogP contribution is 2.35. The minimum Gasteiger partial charge on any atom is -0.504 e. The molecule has 132 valence electrons. The number of phenolic OH excluding ortho intramolecular Hbond substituents is 3. The number of carboxylic acids is 1. The molecule has 1 fully saturated rings. The van der Waals surface area contributed by atoms with Gasteiger partial charge in [-0.25, -0.2) is 9.59 Å². The molecule has 1 aromatic carbocycles. The van der Waals surface area contributed by atoms with E-state index < -0.39 is 65.5 Å². The molecule has 0 aliphatic carbocycles. The van der Waals surface area contributed by atoms with Gasteiger partial charge >= 0.3 is 11.9 Å². The first kappa shape index (κ1) is 17.7. The van der Waals surface area contributed by atoms with E-state index >= 15 is 0 Å². The molecule has 0 unspecified atom stereocenters. The Morgan fingerprint density at radius 3 is 2.00 bits per heavy atom. The zero-order chi connectivity index (χ0) is 18.2. The Morgan fingerprint density at radius 1 is 0.958 bits per heavy atom. The lowest BCUT2D eigenvalue weighted by Crippen LogP contribution is -2.60. The molecule has 2 rings (SSSR count). The van der Waals surface area contributed by atoms with Crippen LogP contribution in [-0.4, -0.2) is 78.4 Å². The summed E-state index contributed by atoms with van der Waals surface area (Å²) in [7, 11) is 0. The van der Waals surface area contributed by atoms with Crippen LogP contribution in [0.4, 0.5) is 0 Å². The van der Waals surface area contributed by atoms with Crippen molar-refractivity contribution >= 4 is 11.9 Å². The van der Waals surface area contributed by atoms with Crippen LogP contribution < -0.4 is 0 Å². The number of phenols is 3. The number of esters is 1. The molecule has 1 aliphatic rings. The van der Waals surface area contributed by atoms with Gasteiger partial charge in [0.2, 0.25) is 6.29 Å². The molecule has 24 heavy (non-hydrogen) atoms. The van der Waals surface area contributed by atoms with Gasteiger partial charge in [0.05, 0.1) is 5.56 Å². The fourth-order valence-electron chi connectivity index (χ4n) is 2.04. The van der Waals surface area contributed by atoms with Crippen molar-refractivity contribution in [2.75, 3.05) is 0 Å². The number of hydrogen-bond acceptors (Lipinski definition) is 10. The second-order valence-corrected chi connectivity index (χ2v) is 5.00. The van der Waals surface area contributed by atoms with Crippen LogP contribution in [0.5, 0.6) is 17.2 Å². The lowest BCUT2D eigenvalue weighted by molar-refractivity contribution is -0.278. The highest BCUT2D eigenvalue weighted by Gasteiger charge is 2.48. The van der Waals surface area contributed by atoms with Crippen LogP contribution in [0.15, 0.2) is 12.1 Å². The van der Waals surface area contributed by atoms with Gasteiger partial charge in [-0.3, -0.25) is 0 Å². The quantitative estimate of drug-likeness (QED) is 0.233. The summed E-state index contributed by atoms with van der Waals surface area (Å²) >= 11 is 0. The molecule has 0 radical (unpaired) electrons. The van der Waals surface area contributed by atoms with E-state index in [-0.39, 0.29) is 0 Å². The van der Waals surface area contributed by atoms with Gasteiger partial charge in [-0.1, -0.05) is 0 Å². The van der Waals surface area contributed by atoms with E-state index in [2.05, 4.69) is 4.74 Å². The molecule has 5 atom stereocenters. The van der Waals surface area contributed by atoms with Crippen molar-refractivity contribution in [2.24, 2.45) is 0 Å². The number of carbonyl (C=O) groups is 2. The number of rotatable bonds is 3. The molecule has 0 bridgehead atoms. The summed E-state index contributed by atoms with van der Waals surface area (Å²) in [6.07, 6.45) is -9.75. The Bertz CT molecular complexity index is 634. The van der Waals surface area contributed by atoms with Gasteiger partial charge in [0.1, 0.15) is 18.3 Å². The van der Waals surface area contributed by atoms with Crippen LogP contribution in [0, 0.1) is 0 Å². The van der Waals surface area contributed by atoms with E-state index in [9.17, 15) is 40.2 Å². The smallest absolute Gasteiger partial charge is 0.340 e. The predicted molar refractivity (Wildman–Crippen MR) is 71.2 cm³/mol. The van der Waals surface area contributed by atoms with Crippen LogP contribution in [0.2, 0.25) is 0 Å². The maximum atomic E-state index is 11.9. The zero-order valence-electron chi connectivity index (χ0n) is 11.8. The Balaban J connectivity index is 2.20. The Hall–Kier alpha value is -2.60. The molecule has 1 aromatic rings. The van der Waals surface area contributed by atoms with E-state index in [4.69, 9.17) is 9.84 Å². The van der Waals surface area contributed by atoms with E-state index in [1.807, 2.05) is 0 Å². The average Bonchev–Trinajstić information content (AvgIpc) is 2.52. The first-order valence-corrected chi connectivity index (χ1v) is 6.52. The molecular weight excluding hydrogens is 332 g/mol. The fraction of sp³-hybridized carbons (Fsp3) is 0.385. The normalized spacial score (nSPS) is 29.9. The van der Waals surface area contributed by atoms with Gasteiger partial charge in [0, 0.05) is 0 Å². The van der Waals surface area contributed by atoms with Gasteiger partial charge in [0.15, 0.2) is 23.4 Å². The van der Waals surface area contributed by atoms with Crippen LogP contribution >= 0.6 is 0 Å². The van der Waals surface area contributed by atoms with Crippen molar-refractivity contribution in [1.82, 2.24) is 0 Å². The molecule has 1 aliphatic heterocycles. The molecule has 1 saturated heterocycles. The highest BCUT2D eigenvalue weighted by molar-refractivity contribution is 5.91. The van der Waals surface area contributed by atoms with E-state index in [0.29, 0.717) is 0 Å². The van der Waals surface area contributed by atoms with Crippen molar-refractivity contribution in [2.45, 2.75) is 30.7 Å². The minimum absolute atomic E-state index is 0.453. The predicted octanol–water partition coefficient (Wildman–Crippen LogP) is -2.15. The molecule has 0 spiro atoms. The maximum absolute atomic E-state index is 11.9. The number of ether oxygens (including phenoxy) is 2. The van der Waals surface area contributed by atoms with Gasteiger partial charge in [-0.15, -0.1) is 0 Å². The molecule has 0 aromatic heterocycles. The Labute approximate surface area is 133 Å². The van der Waals surface area contributed by atoms with Crippen molar-refractivity contribution < 1.29 is 54.8 Å². The number of hydrogen-bond donors (Lipinski definition) is 7. The topological polar surface area (TPSA) is 194 Å². The summed E-state index contributed by atoms with van der Waals surface area (Å²) < 4.78 is 9.43. The van der Waals surface area contributed by atoms with Crippen molar-refractivity contribution in [3.8, 4) is 17.2 Å². The second-order valence-electron chi connectivity index (χ2n) is 5.00. The van der Waals surface area contributed by atoms with Crippen molar-refractivity contribution in [3.05, 3.63) is 17.7 Å². The number of aliphatic carboxylic acids is 1. The van der Waals surface area contributed by atoms with Gasteiger partial charge in [-0.05, 0) is 12.1 Å². The summed E-state index contributed by atoms with van der Waals surface area (Å²) in [6.45, 7) is 0. The number of carboxylic acid groups (broad SMARTS) is 1. The van der Waals surface area contributed by atoms with Crippen LogP contribution in [0.1, 0.15) is 10.4 Å². The summed E-state index contributed by atoms with van der Waals surface area (Å²) in [5.41, 5.74) is -0.453. The molecule has 0 saturated carbocycles. The standard InChI is InChI=1S/C13H14O11/c14-4-1-3(2-5(15)6(4)16)12(22)24-13-9(19)7(17)8(18)10(23-13)11(20)21/h1-2,7-10,13-19H,(H,20,21)/t7-,8-,9+,10-,13+/m0/s1. The third kappa shape index (κ3) is 3.19. The van der Waals surface area contributed by atoms with Gasteiger partial charge in [0.25, 0.3) is 0 Å². The lowest BCUT2D eigenvalue weighted by atomic mass is 9.99. The average molecular weight is 346 g/mol. The van der Waals surface area contributed by atoms with Gasteiger partial charge in [-0.2, -0.15) is 0 Å². The zero-order valence-corrected chi connectivity index (χ0v) is 11.8. The van der Waals surface area contributed by atoms with Crippen molar-refractivity contribution in [3.63, 3.8) is 0 Å². The minimum atomic E-state index is -1.96. The third-order valence-corrected chi connectivity index (χ3v) is 3.34. The molecular formula is C13H14O11. The molecule has 7 N–H and O–H groups in total. The summed E-state index contributed by atoms with van der Waals surface area (Å²) in [5.74, 6) is -5.45. The van der Waals surface area contributed by atoms with Gasteiger partial charge < -0.3 is 45.2 Å². The van der Waals surface area contributed by atoms with Crippen molar-refractivity contribution in [1.29, 1.82) is 0 Å². The molecule has 11 nitrogen and oxygen atoms in total. The summed E-state index contributed by atoms with van der Waals surface area (Å²) in [5, 5.41) is 65.5. The monoisotopic (exact) mass is 346 g/mol. The lowest BCUT2D eigenvalue weighted by Gasteiger charge is -2.37. The van der Waals surface area contributed by atoms with E-state index in [1.54, 1.807) is 0 Å².